The summed E-state index contributed by atoms with van der Waals surface area (Å²) < 4.78 is 8.13. The fraction of sp³-hybridized carbons (Fsp3) is 0.444. The molecule has 3 aromatic rings. The number of imidazole rings is 1. The fourth-order valence-electron chi connectivity index (χ4n) is 3.11. The van der Waals surface area contributed by atoms with E-state index in [-0.39, 0.29) is 6.10 Å². The fourth-order valence-corrected chi connectivity index (χ4v) is 4.09. The van der Waals surface area contributed by atoms with E-state index < -0.39 is 0 Å². The smallest absolute Gasteiger partial charge is 0.214 e. The normalized spacial score (nSPS) is 16.0. The van der Waals surface area contributed by atoms with Crippen molar-refractivity contribution in [2.45, 2.75) is 39.7 Å². The summed E-state index contributed by atoms with van der Waals surface area (Å²) in [6, 6.07) is 6.40. The molecule has 0 saturated carbocycles. The Morgan fingerprint density at radius 2 is 1.96 bits per heavy atom. The van der Waals surface area contributed by atoms with Crippen LogP contribution in [0.4, 0.5) is 5.13 Å². The van der Waals surface area contributed by atoms with E-state index >= 15 is 0 Å². The van der Waals surface area contributed by atoms with Crippen LogP contribution in [0, 0.1) is 20.8 Å². The summed E-state index contributed by atoms with van der Waals surface area (Å²) >= 11 is 1.66. The number of fused-ring (bicyclic) bond motifs is 1. The number of anilines is 1. The van der Waals surface area contributed by atoms with Gasteiger partial charge in [0.25, 0.3) is 0 Å². The molecule has 0 radical (unpaired) electrons. The third-order valence-corrected chi connectivity index (χ3v) is 5.49. The van der Waals surface area contributed by atoms with Gasteiger partial charge in [-0.1, -0.05) is 23.5 Å². The van der Waals surface area contributed by atoms with E-state index in [0.717, 1.165) is 47.5 Å². The van der Waals surface area contributed by atoms with E-state index in [0.29, 0.717) is 0 Å². The van der Waals surface area contributed by atoms with E-state index in [1.165, 1.54) is 11.1 Å². The topological polar surface area (TPSA) is 42.7 Å². The van der Waals surface area contributed by atoms with Crippen molar-refractivity contribution >= 4 is 21.4 Å². The van der Waals surface area contributed by atoms with Gasteiger partial charge < -0.3 is 9.64 Å². The van der Waals surface area contributed by atoms with Crippen LogP contribution in [0.25, 0.3) is 4.96 Å². The minimum absolute atomic E-state index is 0.285. The highest BCUT2D eigenvalue weighted by Gasteiger charge is 2.23. The number of aromatic nitrogens is 3. The number of hydrogen-bond acceptors (Lipinski definition) is 5. The number of benzene rings is 1. The van der Waals surface area contributed by atoms with Crippen LogP contribution in [0.1, 0.15) is 29.7 Å². The zero-order chi connectivity index (χ0) is 16.7. The zero-order valence-corrected chi connectivity index (χ0v) is 15.1. The number of piperidine rings is 1. The molecule has 2 aromatic heterocycles. The second kappa shape index (κ2) is 6.09. The van der Waals surface area contributed by atoms with Crippen LogP contribution in [-0.2, 0) is 0 Å². The number of aryl methyl sites for hydroxylation is 3. The average Bonchev–Trinajstić information content (AvgIpc) is 3.09. The van der Waals surface area contributed by atoms with Gasteiger partial charge in [-0.25, -0.2) is 9.50 Å². The molecule has 24 heavy (non-hydrogen) atoms. The van der Waals surface area contributed by atoms with E-state index in [1.54, 1.807) is 11.3 Å². The van der Waals surface area contributed by atoms with Crippen molar-refractivity contribution < 1.29 is 4.74 Å². The third-order valence-electron chi connectivity index (χ3n) is 4.50. The summed E-state index contributed by atoms with van der Waals surface area (Å²) in [6.07, 6.45) is 4.31. The summed E-state index contributed by atoms with van der Waals surface area (Å²) in [5.74, 6) is 1.02. The molecule has 3 heterocycles. The molecule has 126 valence electrons. The quantitative estimate of drug-likeness (QED) is 0.727. The molecule has 1 aliphatic heterocycles. The van der Waals surface area contributed by atoms with Gasteiger partial charge in [-0.2, -0.15) is 0 Å². The van der Waals surface area contributed by atoms with Crippen molar-refractivity contribution in [1.29, 1.82) is 0 Å². The van der Waals surface area contributed by atoms with Crippen LogP contribution in [0.15, 0.2) is 24.4 Å². The molecule has 0 amide bonds. The highest BCUT2D eigenvalue weighted by atomic mass is 32.1. The lowest BCUT2D eigenvalue weighted by molar-refractivity contribution is 0.169. The molecular formula is C18H22N4OS. The van der Waals surface area contributed by atoms with Crippen molar-refractivity contribution in [2.75, 3.05) is 18.0 Å². The van der Waals surface area contributed by atoms with Crippen LogP contribution >= 0.6 is 11.3 Å². The van der Waals surface area contributed by atoms with E-state index in [2.05, 4.69) is 47.0 Å². The Bertz CT molecular complexity index is 830. The largest absolute Gasteiger partial charge is 0.490 e. The predicted molar refractivity (Wildman–Crippen MR) is 97.4 cm³/mol. The lowest BCUT2D eigenvalue weighted by atomic mass is 10.1. The van der Waals surface area contributed by atoms with Gasteiger partial charge in [0.05, 0.1) is 11.9 Å². The first-order valence-electron chi connectivity index (χ1n) is 8.40. The Kier molecular flexibility index (Phi) is 3.92. The van der Waals surface area contributed by atoms with Gasteiger partial charge in [-0.15, -0.1) is 5.10 Å². The van der Waals surface area contributed by atoms with Gasteiger partial charge in [0.1, 0.15) is 11.9 Å². The molecule has 0 spiro atoms. The Balaban J connectivity index is 1.41. The van der Waals surface area contributed by atoms with Crippen LogP contribution in [-0.4, -0.2) is 33.8 Å². The summed E-state index contributed by atoms with van der Waals surface area (Å²) in [5.41, 5.74) is 3.47. The first-order chi connectivity index (χ1) is 11.6. The summed E-state index contributed by atoms with van der Waals surface area (Å²) in [5, 5.41) is 5.71. The summed E-state index contributed by atoms with van der Waals surface area (Å²) in [7, 11) is 0. The second-order valence-electron chi connectivity index (χ2n) is 6.57. The molecule has 1 aromatic carbocycles. The molecule has 0 bridgehead atoms. The molecule has 6 heteroatoms. The molecule has 0 N–H and O–H groups in total. The molecular weight excluding hydrogens is 320 g/mol. The number of nitrogens with zero attached hydrogens (tertiary/aromatic N) is 4. The van der Waals surface area contributed by atoms with E-state index in [4.69, 9.17) is 4.74 Å². The maximum Gasteiger partial charge on any atom is 0.214 e. The molecule has 1 aliphatic rings. The lowest BCUT2D eigenvalue weighted by Gasteiger charge is -2.32. The van der Waals surface area contributed by atoms with Crippen LogP contribution < -0.4 is 9.64 Å². The molecule has 4 rings (SSSR count). The first-order valence-corrected chi connectivity index (χ1v) is 9.22. The summed E-state index contributed by atoms with van der Waals surface area (Å²) in [4.78, 5) is 7.80. The van der Waals surface area contributed by atoms with Gasteiger partial charge in [-0.05, 0) is 38.0 Å². The van der Waals surface area contributed by atoms with Crippen LogP contribution in [0.3, 0.4) is 0 Å². The number of ether oxygens (including phenoxy) is 1. The summed E-state index contributed by atoms with van der Waals surface area (Å²) in [6.45, 7) is 8.17. The van der Waals surface area contributed by atoms with Crippen LogP contribution in [0.5, 0.6) is 5.75 Å². The Hall–Kier alpha value is -2.08. The van der Waals surface area contributed by atoms with Gasteiger partial charge in [-0.3, -0.25) is 0 Å². The monoisotopic (exact) mass is 342 g/mol. The van der Waals surface area contributed by atoms with Gasteiger partial charge in [0, 0.05) is 25.9 Å². The lowest BCUT2D eigenvalue weighted by Crippen LogP contribution is -2.38. The molecule has 0 atom stereocenters. The van der Waals surface area contributed by atoms with Crippen LogP contribution in [0.2, 0.25) is 0 Å². The van der Waals surface area contributed by atoms with Gasteiger partial charge in [0.15, 0.2) is 0 Å². The predicted octanol–water partition coefficient (Wildman–Crippen LogP) is 3.76. The van der Waals surface area contributed by atoms with Crippen molar-refractivity contribution in [1.82, 2.24) is 14.6 Å². The Labute approximate surface area is 145 Å². The SMILES string of the molecule is Cc1ccc(C)c(OC2CCN(c3nn4cc(C)nc4s3)CC2)c1. The number of rotatable bonds is 3. The van der Waals surface area contributed by atoms with Gasteiger partial charge in [0.2, 0.25) is 10.1 Å². The molecule has 0 unspecified atom stereocenters. The average molecular weight is 342 g/mol. The van der Waals surface area contributed by atoms with Crippen molar-refractivity contribution in [3.8, 4) is 5.75 Å². The van der Waals surface area contributed by atoms with Crippen molar-refractivity contribution in [3.63, 3.8) is 0 Å². The van der Waals surface area contributed by atoms with Gasteiger partial charge >= 0.3 is 0 Å². The van der Waals surface area contributed by atoms with E-state index in [9.17, 15) is 0 Å². The minimum Gasteiger partial charge on any atom is -0.490 e. The Morgan fingerprint density at radius 3 is 2.71 bits per heavy atom. The molecule has 1 saturated heterocycles. The highest BCUT2D eigenvalue weighted by molar-refractivity contribution is 7.20. The highest BCUT2D eigenvalue weighted by Crippen LogP contribution is 2.28. The third kappa shape index (κ3) is 2.98. The minimum atomic E-state index is 0.285. The van der Waals surface area contributed by atoms with Crippen molar-refractivity contribution in [2.24, 2.45) is 0 Å². The number of hydrogen-bond donors (Lipinski definition) is 0. The maximum atomic E-state index is 6.25. The first kappa shape index (κ1) is 15.4. The molecule has 1 fully saturated rings. The Morgan fingerprint density at radius 1 is 1.17 bits per heavy atom. The second-order valence-corrected chi connectivity index (χ2v) is 7.50. The maximum absolute atomic E-state index is 6.25. The molecule has 0 aliphatic carbocycles. The standard InChI is InChI=1S/C18H22N4OS/c1-12-4-5-13(2)16(10-12)23-15-6-8-21(9-7-15)18-20-22-11-14(3)19-17(22)24-18/h4-5,10-11,15H,6-9H2,1-3H3. The molecule has 5 nitrogen and oxygen atoms in total. The van der Waals surface area contributed by atoms with E-state index in [1.807, 2.05) is 17.6 Å². The van der Waals surface area contributed by atoms with Crippen molar-refractivity contribution in [3.05, 3.63) is 41.2 Å². The zero-order valence-electron chi connectivity index (χ0n) is 14.3.